The van der Waals surface area contributed by atoms with Crippen LogP contribution in [0.3, 0.4) is 0 Å². The molecule has 0 fully saturated rings. The number of halogens is 2. The second kappa shape index (κ2) is 14.3. The summed E-state index contributed by atoms with van der Waals surface area (Å²) in [6.07, 6.45) is 3.02. The number of carbonyl (C=O) groups is 1. The average Bonchev–Trinajstić information content (AvgIpc) is 3.53. The minimum atomic E-state index is -1.25. The number of nitrogen functional groups attached to an aromatic ring is 1. The van der Waals surface area contributed by atoms with E-state index in [0.29, 0.717) is 17.0 Å². The molecule has 2 aromatic heterocycles. The van der Waals surface area contributed by atoms with Crippen molar-refractivity contribution in [3.63, 3.8) is 0 Å². The molecule has 1 aliphatic heterocycles. The average molecular weight is 682 g/mol. The Morgan fingerprint density at radius 3 is 2.57 bits per heavy atom. The van der Waals surface area contributed by atoms with Gasteiger partial charge < -0.3 is 25.1 Å². The van der Waals surface area contributed by atoms with Crippen molar-refractivity contribution in [1.29, 1.82) is 5.26 Å². The molecule has 0 spiro atoms. The van der Waals surface area contributed by atoms with Crippen molar-refractivity contribution >= 4 is 29.8 Å². The fourth-order valence-electron chi connectivity index (χ4n) is 4.71. The lowest BCUT2D eigenvalue weighted by molar-refractivity contribution is 0.0697. The first-order valence-electron chi connectivity index (χ1n) is 14.5. The van der Waals surface area contributed by atoms with Crippen molar-refractivity contribution < 1.29 is 32.9 Å². The van der Waals surface area contributed by atoms with Gasteiger partial charge in [0, 0.05) is 35.5 Å². The van der Waals surface area contributed by atoms with Crippen LogP contribution in [-0.2, 0) is 6.61 Å². The Morgan fingerprint density at radius 2 is 1.86 bits per heavy atom. The van der Waals surface area contributed by atoms with E-state index in [-0.39, 0.29) is 46.0 Å². The standard InChI is InChI=1S/C34H25F2N7O5S/c1-43-12-11-39-31(43)22-14-21(49-34-41-16-23(33(44)45)30(38)42-34)8-10-25(22)47-29-24(35)17-40-32(28(29)36)48-27-13-20(15-37)7-9-26(27)46-18-19-5-3-2-4-6-19/h2-11,13-14,16-17,31H,12,18H2,1H3,(H,44,45)(H2,38,41,42). The summed E-state index contributed by atoms with van der Waals surface area (Å²) in [6.45, 7) is 0.684. The number of pyridine rings is 1. The van der Waals surface area contributed by atoms with Crippen molar-refractivity contribution in [2.24, 2.45) is 4.99 Å². The smallest absolute Gasteiger partial charge is 0.341 e. The van der Waals surface area contributed by atoms with Crippen LogP contribution in [0, 0.1) is 23.0 Å². The van der Waals surface area contributed by atoms with Gasteiger partial charge >= 0.3 is 5.97 Å². The van der Waals surface area contributed by atoms with Gasteiger partial charge in [0.15, 0.2) is 22.5 Å². The van der Waals surface area contributed by atoms with Crippen LogP contribution >= 0.6 is 11.8 Å². The van der Waals surface area contributed by atoms with Gasteiger partial charge in [0.05, 0.1) is 17.8 Å². The van der Waals surface area contributed by atoms with Crippen LogP contribution in [0.2, 0.25) is 0 Å². The topological polar surface area (TPSA) is 169 Å². The molecule has 0 saturated carbocycles. The van der Waals surface area contributed by atoms with E-state index >= 15 is 8.78 Å². The van der Waals surface area contributed by atoms with Gasteiger partial charge in [-0.05, 0) is 54.7 Å². The lowest BCUT2D eigenvalue weighted by Gasteiger charge is -2.22. The number of benzene rings is 3. The van der Waals surface area contributed by atoms with E-state index in [4.69, 9.17) is 19.9 Å². The number of aromatic carboxylic acids is 1. The van der Waals surface area contributed by atoms with Crippen LogP contribution in [0.25, 0.3) is 0 Å². The lowest BCUT2D eigenvalue weighted by Crippen LogP contribution is -2.19. The number of rotatable bonds is 11. The molecule has 0 bridgehead atoms. The van der Waals surface area contributed by atoms with Crippen LogP contribution in [0.1, 0.15) is 33.2 Å². The lowest BCUT2D eigenvalue weighted by atomic mass is 10.1. The third-order valence-corrected chi connectivity index (χ3v) is 8.03. The van der Waals surface area contributed by atoms with Crippen LogP contribution in [-0.4, -0.2) is 50.7 Å². The van der Waals surface area contributed by atoms with Crippen molar-refractivity contribution in [1.82, 2.24) is 19.9 Å². The molecule has 1 atom stereocenters. The molecule has 5 aromatic rings. The molecule has 0 saturated heterocycles. The van der Waals surface area contributed by atoms with Gasteiger partial charge in [-0.2, -0.15) is 9.65 Å². The van der Waals surface area contributed by atoms with E-state index in [1.54, 1.807) is 18.3 Å². The molecule has 3 aromatic carbocycles. The minimum Gasteiger partial charge on any atom is -0.485 e. The number of anilines is 1. The normalized spacial score (nSPS) is 14.0. The van der Waals surface area contributed by atoms with Gasteiger partial charge in [-0.15, -0.1) is 0 Å². The summed E-state index contributed by atoms with van der Waals surface area (Å²) in [5.41, 5.74) is 7.11. The number of aromatic nitrogens is 3. The van der Waals surface area contributed by atoms with E-state index in [0.717, 1.165) is 29.7 Å². The van der Waals surface area contributed by atoms with Crippen molar-refractivity contribution in [2.75, 3.05) is 19.3 Å². The molecule has 0 amide bonds. The molecule has 15 heteroatoms. The molecule has 0 radical (unpaired) electrons. The quantitative estimate of drug-likeness (QED) is 0.143. The Labute approximate surface area is 282 Å². The SMILES string of the molecule is CN1CC=NC1c1cc(Sc2ncc(C(=O)O)c(N)n2)ccc1Oc1c(F)cnc(Oc2cc(C#N)ccc2OCc2ccccc2)c1F. The number of nitrogens with two attached hydrogens (primary N) is 1. The minimum absolute atomic E-state index is 0.0119. The van der Waals surface area contributed by atoms with E-state index in [1.807, 2.05) is 48.3 Å². The predicted octanol–water partition coefficient (Wildman–Crippen LogP) is 6.63. The number of carboxylic acid groups (broad SMARTS) is 1. The Balaban J connectivity index is 1.30. The highest BCUT2D eigenvalue weighted by Gasteiger charge is 2.27. The maximum absolute atomic E-state index is 16.0. The molecule has 1 aliphatic rings. The number of carboxylic acids is 1. The maximum atomic E-state index is 16.0. The summed E-state index contributed by atoms with van der Waals surface area (Å²) in [6, 6.07) is 20.5. The Hall–Kier alpha value is -6.11. The largest absolute Gasteiger partial charge is 0.485 e. The zero-order chi connectivity index (χ0) is 34.5. The molecular weight excluding hydrogens is 656 g/mol. The first kappa shape index (κ1) is 32.8. The van der Waals surface area contributed by atoms with Gasteiger partial charge in [0.2, 0.25) is 11.6 Å². The first-order chi connectivity index (χ1) is 23.7. The van der Waals surface area contributed by atoms with Crippen LogP contribution < -0.4 is 19.9 Å². The summed E-state index contributed by atoms with van der Waals surface area (Å²) in [5.74, 6) is -4.87. The van der Waals surface area contributed by atoms with E-state index in [9.17, 15) is 15.2 Å². The molecule has 3 heterocycles. The van der Waals surface area contributed by atoms with Crippen molar-refractivity contribution in [2.45, 2.75) is 22.8 Å². The molecule has 12 nitrogen and oxygen atoms in total. The number of aliphatic imine (C=N–C) groups is 1. The second-order valence-electron chi connectivity index (χ2n) is 10.5. The maximum Gasteiger partial charge on any atom is 0.341 e. The molecule has 246 valence electrons. The van der Waals surface area contributed by atoms with Crippen molar-refractivity contribution in [3.05, 3.63) is 113 Å². The van der Waals surface area contributed by atoms with E-state index < -0.39 is 35.4 Å². The number of ether oxygens (including phenoxy) is 3. The third kappa shape index (κ3) is 7.40. The zero-order valence-corrected chi connectivity index (χ0v) is 26.4. The molecule has 49 heavy (non-hydrogen) atoms. The molecule has 3 N–H and O–H groups in total. The summed E-state index contributed by atoms with van der Waals surface area (Å²) >= 11 is 1.09. The van der Waals surface area contributed by atoms with E-state index in [2.05, 4.69) is 19.9 Å². The summed E-state index contributed by atoms with van der Waals surface area (Å²) in [4.78, 5) is 30.2. The molecular formula is C34H25F2N7O5S. The van der Waals surface area contributed by atoms with Gasteiger partial charge in [-0.25, -0.2) is 24.1 Å². The summed E-state index contributed by atoms with van der Waals surface area (Å²) in [5, 5.41) is 18.9. The highest BCUT2D eigenvalue weighted by atomic mass is 32.2. The summed E-state index contributed by atoms with van der Waals surface area (Å²) in [7, 11) is 1.82. The fourth-order valence-corrected chi connectivity index (χ4v) is 5.49. The first-order valence-corrected chi connectivity index (χ1v) is 15.3. The van der Waals surface area contributed by atoms with Crippen molar-refractivity contribution in [3.8, 4) is 34.9 Å². The molecule has 0 aliphatic carbocycles. The number of nitrogens with zero attached hydrogens (tertiary/aromatic N) is 6. The Kier molecular flexibility index (Phi) is 9.60. The third-order valence-electron chi connectivity index (χ3n) is 7.16. The zero-order valence-electron chi connectivity index (χ0n) is 25.6. The van der Waals surface area contributed by atoms with Gasteiger partial charge in [0.25, 0.3) is 5.88 Å². The monoisotopic (exact) mass is 681 g/mol. The highest BCUT2D eigenvalue weighted by molar-refractivity contribution is 7.99. The van der Waals surface area contributed by atoms with Crippen LogP contribution in [0.4, 0.5) is 14.6 Å². The van der Waals surface area contributed by atoms with E-state index in [1.165, 1.54) is 24.3 Å². The fraction of sp³-hybridized carbons (Fsp3) is 0.118. The van der Waals surface area contributed by atoms with Crippen LogP contribution in [0.5, 0.6) is 28.9 Å². The van der Waals surface area contributed by atoms with Gasteiger partial charge in [-0.1, -0.05) is 30.3 Å². The summed E-state index contributed by atoms with van der Waals surface area (Å²) < 4.78 is 48.7. The number of nitriles is 1. The number of hydrogen-bond donors (Lipinski definition) is 2. The Bertz CT molecular complexity index is 2110. The second-order valence-corrected chi connectivity index (χ2v) is 11.6. The predicted molar refractivity (Wildman–Crippen MR) is 174 cm³/mol. The Morgan fingerprint density at radius 1 is 1.06 bits per heavy atom. The van der Waals surface area contributed by atoms with Gasteiger partial charge in [0.1, 0.15) is 29.9 Å². The van der Waals surface area contributed by atoms with Gasteiger partial charge in [-0.3, -0.25) is 9.89 Å². The molecule has 6 rings (SSSR count). The number of hydrogen-bond acceptors (Lipinski definition) is 12. The highest BCUT2D eigenvalue weighted by Crippen LogP contribution is 2.41. The molecule has 1 unspecified atom stereocenters. The van der Waals surface area contributed by atoms with Crippen LogP contribution in [0.15, 0.2) is 94.2 Å².